The van der Waals surface area contributed by atoms with Crippen LogP contribution in [0.5, 0.6) is 11.5 Å². The highest BCUT2D eigenvalue weighted by molar-refractivity contribution is 6.05. The summed E-state index contributed by atoms with van der Waals surface area (Å²) in [5.41, 5.74) is 2.05. The van der Waals surface area contributed by atoms with Crippen LogP contribution in [0.1, 0.15) is 48.2 Å². The van der Waals surface area contributed by atoms with Crippen molar-refractivity contribution < 1.29 is 24.2 Å². The number of carbonyl (C=O) groups excluding carboxylic acids is 1. The van der Waals surface area contributed by atoms with Gasteiger partial charge in [-0.2, -0.15) is 5.26 Å². The first-order valence-electron chi connectivity index (χ1n) is 15.3. The number of hydrogen-bond donors (Lipinski definition) is 0. The molecule has 4 rings (SSSR count). The fraction of sp³-hybridized carbons (Fsp3) is 0.378. The second kappa shape index (κ2) is 17.0. The van der Waals surface area contributed by atoms with Gasteiger partial charge in [-0.25, -0.2) is 0 Å². The first-order chi connectivity index (χ1) is 21.6. The van der Waals surface area contributed by atoms with Gasteiger partial charge in [-0.3, -0.25) is 9.59 Å². The Morgan fingerprint density at radius 1 is 0.957 bits per heavy atom. The van der Waals surface area contributed by atoms with Crippen LogP contribution in [0.25, 0.3) is 22.3 Å². The molecule has 10 heteroatoms. The summed E-state index contributed by atoms with van der Waals surface area (Å²) in [6.07, 6.45) is 1.47. The highest BCUT2D eigenvalue weighted by Crippen LogP contribution is 2.40. The van der Waals surface area contributed by atoms with Gasteiger partial charge in [-0.15, -0.1) is 12.4 Å². The average molecular weight is 664 g/mol. The lowest BCUT2D eigenvalue weighted by Crippen LogP contribution is -2.36. The van der Waals surface area contributed by atoms with Gasteiger partial charge >= 0.3 is 0 Å². The van der Waals surface area contributed by atoms with E-state index in [9.17, 15) is 14.9 Å². The number of methoxy groups -OCH3 is 2. The second-order valence-corrected chi connectivity index (χ2v) is 11.9. The summed E-state index contributed by atoms with van der Waals surface area (Å²) in [6.45, 7) is 7.78. The molecule has 9 nitrogen and oxygen atoms in total. The molecule has 0 bridgehead atoms. The summed E-state index contributed by atoms with van der Waals surface area (Å²) in [5.74, 6) is 1.58. The van der Waals surface area contributed by atoms with E-state index in [2.05, 4.69) is 24.8 Å². The van der Waals surface area contributed by atoms with E-state index in [-0.39, 0.29) is 35.1 Å². The lowest BCUT2D eigenvalue weighted by Gasteiger charge is -2.32. The van der Waals surface area contributed by atoms with Crippen LogP contribution in [-0.4, -0.2) is 69.1 Å². The third kappa shape index (κ3) is 8.14. The minimum atomic E-state index is -0.678. The summed E-state index contributed by atoms with van der Waals surface area (Å²) >= 11 is 0. The maximum Gasteiger partial charge on any atom is 0.257 e. The van der Waals surface area contributed by atoms with E-state index in [1.54, 1.807) is 51.3 Å². The van der Waals surface area contributed by atoms with Crippen LogP contribution in [0.15, 0.2) is 75.9 Å². The predicted molar refractivity (Wildman–Crippen MR) is 189 cm³/mol. The van der Waals surface area contributed by atoms with Crippen molar-refractivity contribution in [2.45, 2.75) is 39.0 Å². The molecule has 3 aromatic carbocycles. The average Bonchev–Trinajstić information content (AvgIpc) is 3.06. The molecule has 1 unspecified atom stereocenters. The lowest BCUT2D eigenvalue weighted by atomic mass is 9.69. The van der Waals surface area contributed by atoms with Crippen molar-refractivity contribution in [1.82, 2.24) is 9.80 Å². The van der Waals surface area contributed by atoms with Crippen LogP contribution in [0.4, 0.5) is 0 Å². The van der Waals surface area contributed by atoms with Crippen LogP contribution in [0, 0.1) is 24.2 Å². The van der Waals surface area contributed by atoms with E-state index < -0.39 is 5.41 Å². The predicted octanol–water partition coefficient (Wildman–Crippen LogP) is 6.28. The van der Waals surface area contributed by atoms with Crippen molar-refractivity contribution in [1.29, 1.82) is 5.26 Å². The van der Waals surface area contributed by atoms with Crippen LogP contribution >= 0.6 is 12.4 Å². The molecule has 1 aromatic heterocycles. The smallest absolute Gasteiger partial charge is 0.257 e. The van der Waals surface area contributed by atoms with Crippen LogP contribution in [0.2, 0.25) is 0 Å². The highest BCUT2D eigenvalue weighted by Gasteiger charge is 2.36. The number of nitriles is 1. The molecule has 1 heterocycles. The summed E-state index contributed by atoms with van der Waals surface area (Å²) in [4.78, 5) is 30.7. The van der Waals surface area contributed by atoms with Gasteiger partial charge in [0, 0.05) is 31.3 Å². The third-order valence-electron chi connectivity index (χ3n) is 8.77. The molecule has 252 valence electrons. The first kappa shape index (κ1) is 38.8. The Morgan fingerprint density at radius 3 is 2.26 bits per heavy atom. The number of benzene rings is 3. The number of hydrogen-bond acceptors (Lipinski definition) is 7. The van der Waals surface area contributed by atoms with E-state index in [1.165, 1.54) is 0 Å². The van der Waals surface area contributed by atoms with E-state index in [0.29, 0.717) is 58.9 Å². The summed E-state index contributed by atoms with van der Waals surface area (Å²) in [5, 5.41) is 10.8. The van der Waals surface area contributed by atoms with Crippen molar-refractivity contribution in [2.75, 3.05) is 47.9 Å². The number of likely N-dealkylation sites (N-methyl/N-ethyl adjacent to an activating group) is 2. The van der Waals surface area contributed by atoms with Crippen LogP contribution < -0.4 is 14.9 Å². The van der Waals surface area contributed by atoms with Crippen LogP contribution in [-0.2, 0) is 5.41 Å². The van der Waals surface area contributed by atoms with Crippen molar-refractivity contribution in [3.05, 3.63) is 93.6 Å². The molecule has 0 aliphatic carbocycles. The molecule has 0 radical (unpaired) electrons. The number of amides is 1. The summed E-state index contributed by atoms with van der Waals surface area (Å²) in [6, 6.07) is 22.9. The Morgan fingerprint density at radius 2 is 1.64 bits per heavy atom. The van der Waals surface area contributed by atoms with Crippen molar-refractivity contribution in [3.63, 3.8) is 0 Å². The standard InChI is InChI=1S/C37H43N3O5.ClH.H2O/c1-25(2)37(24-38,28-17-18-31(43-6)32(23-28)44-7)19-12-20-39(4)21-22-40(5)36(42)30-16-11-15-29-33(41)26(3)34(45-35(29)30)27-13-9-8-10-14-27;;/h8-11,13-18,23,25H,12,19-22H2,1-7H3;1H;1H2. The minimum absolute atomic E-state index is 0. The van der Waals surface area contributed by atoms with Crippen molar-refractivity contribution in [3.8, 4) is 28.9 Å². The van der Waals surface area contributed by atoms with Gasteiger partial charge in [-0.05, 0) is 69.1 Å². The number of rotatable bonds is 13. The van der Waals surface area contributed by atoms with Gasteiger partial charge in [0.25, 0.3) is 5.91 Å². The zero-order chi connectivity index (χ0) is 32.7. The van der Waals surface area contributed by atoms with Crippen molar-refractivity contribution in [2.24, 2.45) is 5.92 Å². The Bertz CT molecular complexity index is 1750. The largest absolute Gasteiger partial charge is 0.493 e. The molecule has 0 saturated heterocycles. The summed E-state index contributed by atoms with van der Waals surface area (Å²) in [7, 11) is 6.97. The van der Waals surface area contributed by atoms with Crippen LogP contribution in [0.3, 0.4) is 0 Å². The molecule has 47 heavy (non-hydrogen) atoms. The van der Waals surface area contributed by atoms with Crippen molar-refractivity contribution >= 4 is 29.3 Å². The number of halogens is 1. The first-order valence-corrected chi connectivity index (χ1v) is 15.3. The van der Waals surface area contributed by atoms with Gasteiger partial charge in [0.15, 0.2) is 22.5 Å². The lowest BCUT2D eigenvalue weighted by molar-refractivity contribution is 0.0783. The number of carbonyl (C=O) groups is 1. The fourth-order valence-corrected chi connectivity index (χ4v) is 5.84. The molecular weight excluding hydrogens is 618 g/mol. The Kier molecular flexibility index (Phi) is 14.0. The Balaban J connectivity index is 0.00000384. The van der Waals surface area contributed by atoms with Gasteiger partial charge in [0.05, 0.1) is 36.7 Å². The fourth-order valence-electron chi connectivity index (χ4n) is 5.84. The van der Waals surface area contributed by atoms with E-state index in [1.807, 2.05) is 55.6 Å². The number of para-hydroxylation sites is 1. The Labute approximate surface area is 283 Å². The SMILES string of the molecule is COc1ccc(C(C#N)(CCCN(C)CCN(C)C(=O)c2cccc3c(=O)c(C)c(-c4ccccc4)oc23)C(C)C)cc1OC.Cl.O. The molecule has 1 atom stereocenters. The molecule has 0 saturated carbocycles. The van der Waals surface area contributed by atoms with E-state index in [4.69, 9.17) is 13.9 Å². The quantitative estimate of drug-likeness (QED) is 0.165. The normalized spacial score (nSPS) is 12.1. The monoisotopic (exact) mass is 663 g/mol. The zero-order valence-corrected chi connectivity index (χ0v) is 29.1. The molecule has 4 aromatic rings. The topological polar surface area (TPSA) is 128 Å². The molecule has 0 aliphatic heterocycles. The maximum atomic E-state index is 13.6. The number of nitrogens with zero attached hydrogens (tertiary/aromatic N) is 3. The van der Waals surface area contributed by atoms with Gasteiger partial charge in [0.2, 0.25) is 0 Å². The Hall–Kier alpha value is -4.36. The maximum absolute atomic E-state index is 13.6. The van der Waals surface area contributed by atoms with Gasteiger partial charge < -0.3 is 29.2 Å². The number of fused-ring (bicyclic) bond motifs is 1. The molecule has 2 N–H and O–H groups in total. The molecule has 0 fully saturated rings. The van der Waals surface area contributed by atoms with Gasteiger partial charge in [0.1, 0.15) is 5.76 Å². The van der Waals surface area contributed by atoms with Gasteiger partial charge in [-0.1, -0.05) is 56.3 Å². The summed E-state index contributed by atoms with van der Waals surface area (Å²) < 4.78 is 17.2. The molecule has 0 aliphatic rings. The van der Waals surface area contributed by atoms with E-state index in [0.717, 1.165) is 24.1 Å². The molecular formula is C37H46ClN3O6. The van der Waals surface area contributed by atoms with E-state index >= 15 is 0 Å². The third-order valence-corrected chi connectivity index (χ3v) is 8.77. The second-order valence-electron chi connectivity index (χ2n) is 11.9. The highest BCUT2D eigenvalue weighted by atomic mass is 35.5. The molecule has 1 amide bonds. The number of ether oxygens (including phenoxy) is 2. The minimum Gasteiger partial charge on any atom is -0.493 e. The zero-order valence-electron chi connectivity index (χ0n) is 28.3. The molecule has 0 spiro atoms.